The molecule has 1 saturated heterocycles. The highest BCUT2D eigenvalue weighted by atomic mass is 16.8. The average molecular weight is 263 g/mol. The Morgan fingerprint density at radius 2 is 2.05 bits per heavy atom. The molecule has 0 spiro atoms. The van der Waals surface area contributed by atoms with Crippen LogP contribution in [0.25, 0.3) is 0 Å². The molecule has 19 heavy (non-hydrogen) atoms. The molecule has 1 aromatic carbocycles. The molecule has 102 valence electrons. The van der Waals surface area contributed by atoms with Crippen molar-refractivity contribution in [3.05, 3.63) is 35.9 Å². The lowest BCUT2D eigenvalue weighted by atomic mass is 10.0. The minimum atomic E-state index is -0.617. The number of nitrogens with zero attached hydrogens (tertiary/aromatic N) is 1. The summed E-state index contributed by atoms with van der Waals surface area (Å²) in [6.45, 7) is 3.82. The molecule has 1 fully saturated rings. The Bertz CT molecular complexity index is 460. The van der Waals surface area contributed by atoms with Gasteiger partial charge >= 0.3 is 12.1 Å². The van der Waals surface area contributed by atoms with Gasteiger partial charge < -0.3 is 9.57 Å². The van der Waals surface area contributed by atoms with E-state index >= 15 is 0 Å². The summed E-state index contributed by atoms with van der Waals surface area (Å²) < 4.78 is 5.15. The Morgan fingerprint density at radius 1 is 1.37 bits per heavy atom. The fraction of sp³-hybridized carbons (Fsp3) is 0.429. The number of carbonyl (C=O) groups excluding carboxylic acids is 2. The van der Waals surface area contributed by atoms with Gasteiger partial charge in [-0.15, -0.1) is 5.06 Å². The van der Waals surface area contributed by atoms with Crippen LogP contribution in [0, 0.1) is 5.92 Å². The van der Waals surface area contributed by atoms with Gasteiger partial charge in [-0.2, -0.15) is 0 Å². The van der Waals surface area contributed by atoms with Crippen LogP contribution < -0.4 is 0 Å². The van der Waals surface area contributed by atoms with Gasteiger partial charge in [-0.05, 0) is 18.9 Å². The molecule has 1 heterocycles. The SMILES string of the molecule is CC[C@H]1[C@H](C)C(=O)ON1C(=O)OCc1ccccc1. The van der Waals surface area contributed by atoms with Gasteiger partial charge in [-0.25, -0.2) is 9.59 Å². The molecule has 1 aliphatic heterocycles. The number of carbonyl (C=O) groups is 2. The van der Waals surface area contributed by atoms with Crippen LogP contribution in [0.1, 0.15) is 25.8 Å². The van der Waals surface area contributed by atoms with E-state index in [4.69, 9.17) is 9.57 Å². The Kier molecular flexibility index (Phi) is 4.04. The maximum atomic E-state index is 11.9. The van der Waals surface area contributed by atoms with E-state index in [1.807, 2.05) is 37.3 Å². The number of hydrogen-bond donors (Lipinski definition) is 0. The Morgan fingerprint density at radius 3 is 2.68 bits per heavy atom. The molecule has 0 unspecified atom stereocenters. The van der Waals surface area contributed by atoms with E-state index in [1.165, 1.54) is 0 Å². The minimum Gasteiger partial charge on any atom is -0.442 e. The highest BCUT2D eigenvalue weighted by Gasteiger charge is 2.43. The average Bonchev–Trinajstić information content (AvgIpc) is 2.73. The fourth-order valence-corrected chi connectivity index (χ4v) is 2.08. The third-order valence-electron chi connectivity index (χ3n) is 3.24. The molecule has 1 amide bonds. The van der Waals surface area contributed by atoms with Gasteiger partial charge in [0, 0.05) is 0 Å². The van der Waals surface area contributed by atoms with Crippen LogP contribution in [-0.2, 0) is 21.0 Å². The Labute approximate surface area is 112 Å². The zero-order valence-corrected chi connectivity index (χ0v) is 11.0. The van der Waals surface area contributed by atoms with Gasteiger partial charge in [0.25, 0.3) is 0 Å². The van der Waals surface area contributed by atoms with Gasteiger partial charge in [0.05, 0.1) is 12.0 Å². The summed E-state index contributed by atoms with van der Waals surface area (Å²) in [5.41, 5.74) is 0.891. The third-order valence-corrected chi connectivity index (χ3v) is 3.24. The van der Waals surface area contributed by atoms with Crippen LogP contribution in [0.2, 0.25) is 0 Å². The molecule has 5 heteroatoms. The fourth-order valence-electron chi connectivity index (χ4n) is 2.08. The molecular formula is C14H17NO4. The molecule has 1 aromatic rings. The van der Waals surface area contributed by atoms with Crippen LogP contribution >= 0.6 is 0 Å². The van der Waals surface area contributed by atoms with Crippen molar-refractivity contribution in [3.8, 4) is 0 Å². The van der Waals surface area contributed by atoms with E-state index in [-0.39, 0.29) is 24.5 Å². The predicted octanol–water partition coefficient (Wildman–Crippen LogP) is 2.51. The summed E-state index contributed by atoms with van der Waals surface area (Å²) in [6, 6.07) is 9.11. The predicted molar refractivity (Wildman–Crippen MR) is 67.8 cm³/mol. The number of benzene rings is 1. The molecule has 0 saturated carbocycles. The second-order valence-electron chi connectivity index (χ2n) is 4.54. The Balaban J connectivity index is 1.95. The monoisotopic (exact) mass is 263 g/mol. The van der Waals surface area contributed by atoms with Crippen molar-refractivity contribution < 1.29 is 19.2 Å². The zero-order valence-electron chi connectivity index (χ0n) is 11.0. The van der Waals surface area contributed by atoms with Crippen molar-refractivity contribution in [1.29, 1.82) is 0 Å². The quantitative estimate of drug-likeness (QED) is 0.840. The first-order chi connectivity index (χ1) is 9.13. The normalized spacial score (nSPS) is 22.2. The third kappa shape index (κ3) is 2.86. The maximum Gasteiger partial charge on any atom is 0.443 e. The van der Waals surface area contributed by atoms with Gasteiger partial charge in [-0.3, -0.25) is 0 Å². The number of amides is 1. The summed E-state index contributed by atoms with van der Waals surface area (Å²) in [4.78, 5) is 28.3. The molecule has 2 rings (SSSR count). The minimum absolute atomic E-state index is 0.165. The molecule has 0 radical (unpaired) electrons. The second kappa shape index (κ2) is 5.73. The van der Waals surface area contributed by atoms with E-state index in [9.17, 15) is 9.59 Å². The first-order valence-corrected chi connectivity index (χ1v) is 6.35. The molecule has 5 nitrogen and oxygen atoms in total. The van der Waals surface area contributed by atoms with E-state index < -0.39 is 6.09 Å². The molecule has 1 aliphatic rings. The Hall–Kier alpha value is -2.04. The number of hydrogen-bond acceptors (Lipinski definition) is 4. The molecular weight excluding hydrogens is 246 g/mol. The maximum absolute atomic E-state index is 11.9. The van der Waals surface area contributed by atoms with Crippen molar-refractivity contribution in [2.24, 2.45) is 5.92 Å². The first-order valence-electron chi connectivity index (χ1n) is 6.35. The van der Waals surface area contributed by atoms with Gasteiger partial charge in [0.2, 0.25) is 0 Å². The smallest absolute Gasteiger partial charge is 0.442 e. The van der Waals surface area contributed by atoms with Gasteiger partial charge in [-0.1, -0.05) is 37.3 Å². The summed E-state index contributed by atoms with van der Waals surface area (Å²) in [6.07, 6.45) is 0.0290. The summed E-state index contributed by atoms with van der Waals surface area (Å²) in [5.74, 6) is -0.696. The number of hydroxylamine groups is 2. The van der Waals surface area contributed by atoms with Crippen LogP contribution in [-0.4, -0.2) is 23.2 Å². The first kappa shape index (κ1) is 13.4. The van der Waals surface area contributed by atoms with Crippen molar-refractivity contribution in [2.45, 2.75) is 32.9 Å². The number of rotatable bonds is 3. The van der Waals surface area contributed by atoms with E-state index in [0.717, 1.165) is 10.6 Å². The molecule has 0 aromatic heterocycles. The van der Waals surface area contributed by atoms with Crippen LogP contribution in [0.5, 0.6) is 0 Å². The largest absolute Gasteiger partial charge is 0.443 e. The highest BCUT2D eigenvalue weighted by Crippen LogP contribution is 2.25. The number of ether oxygens (including phenoxy) is 1. The molecule has 0 N–H and O–H groups in total. The van der Waals surface area contributed by atoms with Crippen molar-refractivity contribution in [3.63, 3.8) is 0 Å². The van der Waals surface area contributed by atoms with Crippen molar-refractivity contribution in [1.82, 2.24) is 5.06 Å². The van der Waals surface area contributed by atoms with Gasteiger partial charge in [0.1, 0.15) is 6.61 Å². The lowest BCUT2D eigenvalue weighted by Gasteiger charge is -2.20. The zero-order chi connectivity index (χ0) is 13.8. The molecule has 2 atom stereocenters. The van der Waals surface area contributed by atoms with E-state index in [1.54, 1.807) is 6.92 Å². The second-order valence-corrected chi connectivity index (χ2v) is 4.54. The summed E-state index contributed by atoms with van der Waals surface area (Å²) in [5, 5.41) is 1.05. The van der Waals surface area contributed by atoms with E-state index in [2.05, 4.69) is 0 Å². The lowest BCUT2D eigenvalue weighted by Crippen LogP contribution is -2.36. The van der Waals surface area contributed by atoms with Crippen LogP contribution in [0.3, 0.4) is 0 Å². The molecule has 0 bridgehead atoms. The molecule has 0 aliphatic carbocycles. The van der Waals surface area contributed by atoms with Crippen LogP contribution in [0.15, 0.2) is 30.3 Å². The van der Waals surface area contributed by atoms with E-state index in [0.29, 0.717) is 6.42 Å². The lowest BCUT2D eigenvalue weighted by molar-refractivity contribution is -0.168. The highest BCUT2D eigenvalue weighted by molar-refractivity contribution is 5.79. The van der Waals surface area contributed by atoms with Gasteiger partial charge in [0.15, 0.2) is 0 Å². The van der Waals surface area contributed by atoms with Crippen molar-refractivity contribution >= 4 is 12.1 Å². The standard InChI is InChI=1S/C14H17NO4/c1-3-12-10(2)13(16)19-15(12)14(17)18-9-11-7-5-4-6-8-11/h4-8,10,12H,3,9H2,1-2H3/t10-,12-/m0/s1. The van der Waals surface area contributed by atoms with Crippen molar-refractivity contribution in [2.75, 3.05) is 0 Å². The summed E-state index contributed by atoms with van der Waals surface area (Å²) >= 11 is 0. The summed E-state index contributed by atoms with van der Waals surface area (Å²) in [7, 11) is 0. The topological polar surface area (TPSA) is 55.8 Å². The van der Waals surface area contributed by atoms with Crippen LogP contribution in [0.4, 0.5) is 4.79 Å².